The van der Waals surface area contributed by atoms with Gasteiger partial charge in [-0.3, -0.25) is 0 Å². The molecule has 0 bridgehead atoms. The summed E-state index contributed by atoms with van der Waals surface area (Å²) >= 11 is 3.21. The van der Waals surface area contributed by atoms with Gasteiger partial charge < -0.3 is 10.8 Å². The van der Waals surface area contributed by atoms with Gasteiger partial charge in [-0.25, -0.2) is 0 Å². The second-order valence-electron chi connectivity index (χ2n) is 2.73. The maximum absolute atomic E-state index is 9.34. The summed E-state index contributed by atoms with van der Waals surface area (Å²) in [7, 11) is 0. The molecule has 1 atom stereocenters. The van der Waals surface area contributed by atoms with Crippen LogP contribution in [0.4, 0.5) is 0 Å². The Kier molecular flexibility index (Phi) is 3.12. The lowest BCUT2D eigenvalue weighted by Crippen LogP contribution is -2.08. The van der Waals surface area contributed by atoms with Crippen molar-refractivity contribution in [2.24, 2.45) is 5.73 Å². The van der Waals surface area contributed by atoms with E-state index in [0.717, 1.165) is 12.0 Å². The van der Waals surface area contributed by atoms with E-state index in [0.29, 0.717) is 4.47 Å². The number of benzene rings is 1. The molecule has 1 aromatic rings. The van der Waals surface area contributed by atoms with Crippen molar-refractivity contribution >= 4 is 15.9 Å². The van der Waals surface area contributed by atoms with Gasteiger partial charge in [0.2, 0.25) is 0 Å². The van der Waals surface area contributed by atoms with Crippen molar-refractivity contribution in [3.63, 3.8) is 0 Å². The number of aromatic hydroxyl groups is 1. The number of halogens is 1. The van der Waals surface area contributed by atoms with Crippen LogP contribution in [0.1, 0.15) is 24.9 Å². The minimum absolute atomic E-state index is 0.0176. The largest absolute Gasteiger partial charge is 0.507 e. The normalized spacial score (nSPS) is 12.9. The number of phenols is 1. The predicted octanol–water partition coefficient (Wildman–Crippen LogP) is 2.56. The molecule has 3 heteroatoms. The Bertz CT molecular complexity index is 275. The molecule has 12 heavy (non-hydrogen) atoms. The van der Waals surface area contributed by atoms with Gasteiger partial charge in [-0.2, -0.15) is 0 Å². The molecule has 0 radical (unpaired) electrons. The third-order valence-corrected chi connectivity index (χ3v) is 2.51. The maximum atomic E-state index is 9.34. The van der Waals surface area contributed by atoms with E-state index >= 15 is 0 Å². The Morgan fingerprint density at radius 2 is 2.25 bits per heavy atom. The van der Waals surface area contributed by atoms with Crippen LogP contribution in [-0.4, -0.2) is 5.11 Å². The Hall–Kier alpha value is -0.540. The Labute approximate surface area is 80.5 Å². The van der Waals surface area contributed by atoms with Gasteiger partial charge in [-0.1, -0.05) is 13.0 Å². The lowest BCUT2D eigenvalue weighted by atomic mass is 10.1. The fourth-order valence-electron chi connectivity index (χ4n) is 0.996. The molecule has 66 valence electrons. The Morgan fingerprint density at radius 1 is 1.58 bits per heavy atom. The standard InChI is InChI=1S/C9H12BrNO/c1-2-8(11)6-3-4-7(10)9(12)5-6/h3-5,8,12H,2,11H2,1H3. The smallest absolute Gasteiger partial charge is 0.130 e. The van der Waals surface area contributed by atoms with E-state index in [1.807, 2.05) is 13.0 Å². The molecule has 0 spiro atoms. The summed E-state index contributed by atoms with van der Waals surface area (Å²) in [4.78, 5) is 0. The van der Waals surface area contributed by atoms with E-state index in [4.69, 9.17) is 5.73 Å². The van der Waals surface area contributed by atoms with E-state index in [-0.39, 0.29) is 11.8 Å². The molecule has 0 saturated heterocycles. The molecule has 0 aliphatic rings. The molecule has 3 N–H and O–H groups in total. The van der Waals surface area contributed by atoms with E-state index in [9.17, 15) is 5.11 Å². The van der Waals surface area contributed by atoms with Crippen LogP contribution in [0.2, 0.25) is 0 Å². The van der Waals surface area contributed by atoms with E-state index < -0.39 is 0 Å². The number of nitrogens with two attached hydrogens (primary N) is 1. The van der Waals surface area contributed by atoms with Crippen LogP contribution in [0.3, 0.4) is 0 Å². The molecular weight excluding hydrogens is 218 g/mol. The molecule has 0 saturated carbocycles. The zero-order valence-corrected chi connectivity index (χ0v) is 8.51. The maximum Gasteiger partial charge on any atom is 0.130 e. The highest BCUT2D eigenvalue weighted by atomic mass is 79.9. The van der Waals surface area contributed by atoms with Crippen LogP contribution in [0, 0.1) is 0 Å². The third-order valence-electron chi connectivity index (χ3n) is 1.84. The molecule has 0 heterocycles. The molecule has 1 unspecified atom stereocenters. The van der Waals surface area contributed by atoms with Crippen molar-refractivity contribution in [1.29, 1.82) is 0 Å². The summed E-state index contributed by atoms with van der Waals surface area (Å²) in [6.07, 6.45) is 0.876. The summed E-state index contributed by atoms with van der Waals surface area (Å²) in [6.45, 7) is 2.02. The van der Waals surface area contributed by atoms with Crippen LogP contribution < -0.4 is 5.73 Å². The zero-order valence-electron chi connectivity index (χ0n) is 6.92. The quantitative estimate of drug-likeness (QED) is 0.820. The van der Waals surface area contributed by atoms with Gasteiger partial charge in [0.1, 0.15) is 5.75 Å². The van der Waals surface area contributed by atoms with Crippen molar-refractivity contribution < 1.29 is 5.11 Å². The second kappa shape index (κ2) is 3.92. The number of phenolic OH excluding ortho intramolecular Hbond substituents is 1. The topological polar surface area (TPSA) is 46.2 Å². The molecule has 1 rings (SSSR count). The highest BCUT2D eigenvalue weighted by Crippen LogP contribution is 2.27. The van der Waals surface area contributed by atoms with Crippen LogP contribution in [0.5, 0.6) is 5.75 Å². The molecule has 2 nitrogen and oxygen atoms in total. The van der Waals surface area contributed by atoms with Gasteiger partial charge in [0, 0.05) is 6.04 Å². The van der Waals surface area contributed by atoms with Gasteiger partial charge >= 0.3 is 0 Å². The molecule has 0 aromatic heterocycles. The zero-order chi connectivity index (χ0) is 9.14. The van der Waals surface area contributed by atoms with Crippen molar-refractivity contribution in [3.05, 3.63) is 28.2 Å². The van der Waals surface area contributed by atoms with E-state index in [1.54, 1.807) is 12.1 Å². The van der Waals surface area contributed by atoms with E-state index in [2.05, 4.69) is 15.9 Å². The summed E-state index contributed by atoms with van der Waals surface area (Å²) in [5, 5.41) is 9.34. The fourth-order valence-corrected chi connectivity index (χ4v) is 1.24. The van der Waals surface area contributed by atoms with E-state index in [1.165, 1.54) is 0 Å². The lowest BCUT2D eigenvalue weighted by Gasteiger charge is -2.09. The Balaban J connectivity index is 2.96. The van der Waals surface area contributed by atoms with Crippen molar-refractivity contribution in [2.75, 3.05) is 0 Å². The Morgan fingerprint density at radius 3 is 2.75 bits per heavy atom. The average molecular weight is 230 g/mol. The van der Waals surface area contributed by atoms with Crippen LogP contribution in [0.15, 0.2) is 22.7 Å². The number of hydrogen-bond acceptors (Lipinski definition) is 2. The van der Waals surface area contributed by atoms with Gasteiger partial charge in [0.15, 0.2) is 0 Å². The van der Waals surface area contributed by atoms with Gasteiger partial charge in [0.25, 0.3) is 0 Å². The van der Waals surface area contributed by atoms with Gasteiger partial charge in [-0.15, -0.1) is 0 Å². The number of rotatable bonds is 2. The van der Waals surface area contributed by atoms with Crippen molar-refractivity contribution in [3.8, 4) is 5.75 Å². The van der Waals surface area contributed by atoms with Crippen molar-refractivity contribution in [1.82, 2.24) is 0 Å². The summed E-state index contributed by atoms with van der Waals surface area (Å²) in [5.74, 6) is 0.247. The average Bonchev–Trinajstić information content (AvgIpc) is 2.08. The summed E-state index contributed by atoms with van der Waals surface area (Å²) in [6, 6.07) is 5.43. The highest BCUT2D eigenvalue weighted by Gasteiger charge is 2.05. The number of hydrogen-bond donors (Lipinski definition) is 2. The lowest BCUT2D eigenvalue weighted by molar-refractivity contribution is 0.470. The summed E-state index contributed by atoms with van der Waals surface area (Å²) in [5.41, 5.74) is 6.76. The predicted molar refractivity (Wildman–Crippen MR) is 53.0 cm³/mol. The van der Waals surface area contributed by atoms with Crippen LogP contribution in [-0.2, 0) is 0 Å². The molecule has 0 fully saturated rings. The second-order valence-corrected chi connectivity index (χ2v) is 3.58. The molecule has 0 aliphatic heterocycles. The first-order valence-corrected chi connectivity index (χ1v) is 4.68. The first-order chi connectivity index (χ1) is 5.65. The van der Waals surface area contributed by atoms with Crippen LogP contribution in [0.25, 0.3) is 0 Å². The monoisotopic (exact) mass is 229 g/mol. The van der Waals surface area contributed by atoms with Crippen molar-refractivity contribution in [2.45, 2.75) is 19.4 Å². The fraction of sp³-hybridized carbons (Fsp3) is 0.333. The first-order valence-electron chi connectivity index (χ1n) is 3.89. The first kappa shape index (κ1) is 9.55. The minimum Gasteiger partial charge on any atom is -0.507 e. The molecular formula is C9H12BrNO. The highest BCUT2D eigenvalue weighted by molar-refractivity contribution is 9.10. The minimum atomic E-state index is 0.0176. The van der Waals surface area contributed by atoms with Gasteiger partial charge in [0.05, 0.1) is 4.47 Å². The molecule has 0 amide bonds. The molecule has 0 aliphatic carbocycles. The van der Waals surface area contributed by atoms with Crippen LogP contribution >= 0.6 is 15.9 Å². The summed E-state index contributed by atoms with van der Waals surface area (Å²) < 4.78 is 0.703. The SMILES string of the molecule is CCC(N)c1ccc(Br)c(O)c1. The van der Waals surface area contributed by atoms with Gasteiger partial charge in [-0.05, 0) is 40.0 Å². The third kappa shape index (κ3) is 1.99. The molecule has 1 aromatic carbocycles.